The lowest BCUT2D eigenvalue weighted by molar-refractivity contribution is 0.102. The summed E-state index contributed by atoms with van der Waals surface area (Å²) in [6.45, 7) is 1.86. The molecular formula is C14H11N3OS2. The molecule has 0 radical (unpaired) electrons. The fourth-order valence-electron chi connectivity index (χ4n) is 1.70. The number of thiophene rings is 1. The van der Waals surface area contributed by atoms with Crippen molar-refractivity contribution in [3.8, 4) is 10.6 Å². The molecule has 3 aromatic heterocycles. The van der Waals surface area contributed by atoms with E-state index in [9.17, 15) is 4.79 Å². The van der Waals surface area contributed by atoms with Crippen molar-refractivity contribution in [3.05, 3.63) is 52.5 Å². The predicted octanol–water partition coefficient (Wildman–Crippen LogP) is 3.83. The van der Waals surface area contributed by atoms with Crippen molar-refractivity contribution in [3.63, 3.8) is 0 Å². The van der Waals surface area contributed by atoms with Crippen LogP contribution in [0.4, 0.5) is 5.13 Å². The van der Waals surface area contributed by atoms with Gasteiger partial charge in [0.25, 0.3) is 5.91 Å². The van der Waals surface area contributed by atoms with E-state index in [0.29, 0.717) is 10.8 Å². The summed E-state index contributed by atoms with van der Waals surface area (Å²) < 4.78 is 0. The molecule has 1 amide bonds. The Morgan fingerprint density at radius 2 is 2.05 bits per heavy atom. The van der Waals surface area contributed by atoms with Gasteiger partial charge in [-0.25, -0.2) is 9.97 Å². The maximum atomic E-state index is 12.1. The molecule has 4 nitrogen and oxygen atoms in total. The van der Waals surface area contributed by atoms with Crippen molar-refractivity contribution in [2.45, 2.75) is 6.92 Å². The zero-order valence-electron chi connectivity index (χ0n) is 10.7. The summed E-state index contributed by atoms with van der Waals surface area (Å²) >= 11 is 3.04. The van der Waals surface area contributed by atoms with Crippen molar-refractivity contribution >= 4 is 33.7 Å². The van der Waals surface area contributed by atoms with Gasteiger partial charge in [-0.2, -0.15) is 0 Å². The number of carbonyl (C=O) groups is 1. The molecule has 100 valence electrons. The van der Waals surface area contributed by atoms with Crippen molar-refractivity contribution < 1.29 is 4.79 Å². The number of nitrogens with zero attached hydrogens (tertiary/aromatic N) is 2. The number of pyridine rings is 1. The van der Waals surface area contributed by atoms with Gasteiger partial charge >= 0.3 is 0 Å². The molecule has 0 saturated heterocycles. The molecule has 0 bridgehead atoms. The summed E-state index contributed by atoms with van der Waals surface area (Å²) in [5.41, 5.74) is 2.10. The molecule has 3 aromatic rings. The Balaban J connectivity index is 1.77. The number of anilines is 1. The maximum absolute atomic E-state index is 12.1. The third-order valence-electron chi connectivity index (χ3n) is 2.62. The third kappa shape index (κ3) is 2.76. The highest BCUT2D eigenvalue weighted by molar-refractivity contribution is 7.16. The average Bonchev–Trinajstić information content (AvgIpc) is 3.08. The van der Waals surface area contributed by atoms with E-state index in [1.807, 2.05) is 41.9 Å². The molecule has 0 aliphatic heterocycles. The van der Waals surface area contributed by atoms with E-state index < -0.39 is 0 Å². The van der Waals surface area contributed by atoms with Gasteiger partial charge in [0.05, 0.1) is 10.6 Å². The number of aryl methyl sites for hydroxylation is 1. The highest BCUT2D eigenvalue weighted by atomic mass is 32.1. The number of thiazole rings is 1. The van der Waals surface area contributed by atoms with Crippen LogP contribution < -0.4 is 5.32 Å². The molecule has 0 aromatic carbocycles. The average molecular weight is 301 g/mol. The summed E-state index contributed by atoms with van der Waals surface area (Å²) in [5, 5.41) is 7.30. The van der Waals surface area contributed by atoms with Crippen LogP contribution in [0.3, 0.4) is 0 Å². The molecule has 0 atom stereocenters. The number of carbonyl (C=O) groups excluding carboxylic acids is 1. The minimum Gasteiger partial charge on any atom is -0.296 e. The summed E-state index contributed by atoms with van der Waals surface area (Å²) in [7, 11) is 0. The zero-order chi connectivity index (χ0) is 13.9. The summed E-state index contributed by atoms with van der Waals surface area (Å²) in [5.74, 6) is -0.235. The van der Waals surface area contributed by atoms with E-state index in [4.69, 9.17) is 0 Å². The van der Waals surface area contributed by atoms with Crippen molar-refractivity contribution in [2.24, 2.45) is 0 Å². The molecule has 3 rings (SSSR count). The van der Waals surface area contributed by atoms with E-state index in [-0.39, 0.29) is 5.91 Å². The van der Waals surface area contributed by atoms with E-state index >= 15 is 0 Å². The lowest BCUT2D eigenvalue weighted by atomic mass is 10.3. The minimum absolute atomic E-state index is 0.235. The number of nitrogens with one attached hydrogen (secondary N) is 1. The number of hydrogen-bond donors (Lipinski definition) is 1. The van der Waals surface area contributed by atoms with Gasteiger partial charge in [0, 0.05) is 11.1 Å². The van der Waals surface area contributed by atoms with Crippen molar-refractivity contribution in [2.75, 3.05) is 5.32 Å². The first kappa shape index (κ1) is 13.0. The third-order valence-corrected chi connectivity index (χ3v) is 4.27. The molecule has 0 saturated carbocycles. The first-order valence-electron chi connectivity index (χ1n) is 5.97. The number of hydrogen-bond acceptors (Lipinski definition) is 5. The summed E-state index contributed by atoms with van der Waals surface area (Å²) in [6.07, 6.45) is 0. The van der Waals surface area contributed by atoms with Crippen LogP contribution in [0.5, 0.6) is 0 Å². The quantitative estimate of drug-likeness (QED) is 0.800. The normalized spacial score (nSPS) is 10.4. The number of aromatic nitrogens is 2. The summed E-state index contributed by atoms with van der Waals surface area (Å²) in [4.78, 5) is 21.8. The molecule has 0 spiro atoms. The smallest absolute Gasteiger partial charge is 0.276 e. The molecule has 3 heterocycles. The Labute approximate surface area is 124 Å². The minimum atomic E-state index is -0.235. The largest absolute Gasteiger partial charge is 0.296 e. The van der Waals surface area contributed by atoms with Crippen molar-refractivity contribution in [1.82, 2.24) is 9.97 Å². The molecule has 0 aliphatic rings. The lowest BCUT2D eigenvalue weighted by Crippen LogP contribution is -2.13. The second kappa shape index (κ2) is 5.52. The van der Waals surface area contributed by atoms with Crippen molar-refractivity contribution in [1.29, 1.82) is 0 Å². The van der Waals surface area contributed by atoms with Gasteiger partial charge in [0.15, 0.2) is 5.13 Å². The van der Waals surface area contributed by atoms with Crippen LogP contribution in [-0.2, 0) is 0 Å². The zero-order valence-corrected chi connectivity index (χ0v) is 12.3. The van der Waals surface area contributed by atoms with Gasteiger partial charge in [-0.3, -0.25) is 10.1 Å². The van der Waals surface area contributed by atoms with Gasteiger partial charge in [0.1, 0.15) is 5.69 Å². The first-order chi connectivity index (χ1) is 9.72. The molecular weight excluding hydrogens is 290 g/mol. The number of amides is 1. The van der Waals surface area contributed by atoms with Crippen LogP contribution in [0.2, 0.25) is 0 Å². The predicted molar refractivity (Wildman–Crippen MR) is 82.4 cm³/mol. The first-order valence-corrected chi connectivity index (χ1v) is 7.73. The van der Waals surface area contributed by atoms with Crippen LogP contribution in [0.1, 0.15) is 16.2 Å². The Morgan fingerprint density at radius 1 is 1.15 bits per heavy atom. The fraction of sp³-hybridized carbons (Fsp3) is 0.0714. The highest BCUT2D eigenvalue weighted by Gasteiger charge is 2.11. The van der Waals surface area contributed by atoms with Crippen LogP contribution in [-0.4, -0.2) is 15.9 Å². The molecule has 0 unspecified atom stereocenters. The van der Waals surface area contributed by atoms with Crippen LogP contribution in [0, 0.1) is 6.92 Å². The van der Waals surface area contributed by atoms with Crippen LogP contribution in [0.25, 0.3) is 10.6 Å². The summed E-state index contributed by atoms with van der Waals surface area (Å²) in [6, 6.07) is 9.35. The number of rotatable bonds is 3. The van der Waals surface area contributed by atoms with Gasteiger partial charge in [0.2, 0.25) is 0 Å². The van der Waals surface area contributed by atoms with Crippen LogP contribution >= 0.6 is 22.7 Å². The Hall–Kier alpha value is -2.05. The topological polar surface area (TPSA) is 54.9 Å². The lowest BCUT2D eigenvalue weighted by Gasteiger charge is -2.01. The SMILES string of the molecule is Cc1cccc(C(=O)Nc2nc(-c3cccs3)cs2)n1. The Bertz CT molecular complexity index is 734. The van der Waals surface area contributed by atoms with Gasteiger partial charge in [-0.05, 0) is 30.5 Å². The highest BCUT2D eigenvalue weighted by Crippen LogP contribution is 2.28. The maximum Gasteiger partial charge on any atom is 0.276 e. The monoisotopic (exact) mass is 301 g/mol. The van der Waals surface area contributed by atoms with Gasteiger partial charge < -0.3 is 0 Å². The van der Waals surface area contributed by atoms with Crippen LogP contribution in [0.15, 0.2) is 41.1 Å². The molecule has 6 heteroatoms. The van der Waals surface area contributed by atoms with E-state index in [1.54, 1.807) is 17.4 Å². The molecule has 20 heavy (non-hydrogen) atoms. The second-order valence-electron chi connectivity index (χ2n) is 4.13. The van der Waals surface area contributed by atoms with E-state index in [1.165, 1.54) is 11.3 Å². The second-order valence-corrected chi connectivity index (χ2v) is 5.94. The fourth-order valence-corrected chi connectivity index (χ4v) is 3.17. The molecule has 1 N–H and O–H groups in total. The van der Waals surface area contributed by atoms with E-state index in [2.05, 4.69) is 15.3 Å². The Morgan fingerprint density at radius 3 is 2.80 bits per heavy atom. The molecule has 0 aliphatic carbocycles. The standard InChI is InChI=1S/C14H11N3OS2/c1-9-4-2-5-10(15-9)13(18)17-14-16-11(8-20-14)12-6-3-7-19-12/h2-8H,1H3,(H,16,17,18). The van der Waals surface area contributed by atoms with Gasteiger partial charge in [-0.15, -0.1) is 22.7 Å². The molecule has 0 fully saturated rings. The van der Waals surface area contributed by atoms with Gasteiger partial charge in [-0.1, -0.05) is 12.1 Å². The Kier molecular flexibility index (Phi) is 3.58. The van der Waals surface area contributed by atoms with E-state index in [0.717, 1.165) is 16.3 Å².